The van der Waals surface area contributed by atoms with Gasteiger partial charge in [0.1, 0.15) is 5.75 Å². The van der Waals surface area contributed by atoms with Crippen LogP contribution in [0.5, 0.6) is 5.75 Å². The molecular weight excluding hydrogens is 348 g/mol. The highest BCUT2D eigenvalue weighted by atomic mass is 79.9. The summed E-state index contributed by atoms with van der Waals surface area (Å²) in [7, 11) is 1.67. The van der Waals surface area contributed by atoms with E-state index < -0.39 is 0 Å². The van der Waals surface area contributed by atoms with Gasteiger partial charge in [-0.15, -0.1) is 11.3 Å². The van der Waals surface area contributed by atoms with E-state index in [0.717, 1.165) is 21.4 Å². The smallest absolute Gasteiger partial charge is 0.121 e. The van der Waals surface area contributed by atoms with Crippen molar-refractivity contribution in [2.45, 2.75) is 13.0 Å². The van der Waals surface area contributed by atoms with Gasteiger partial charge in [0.25, 0.3) is 0 Å². The molecule has 2 aromatic heterocycles. The Morgan fingerprint density at radius 1 is 1.29 bits per heavy atom. The van der Waals surface area contributed by atoms with Crippen molar-refractivity contribution in [3.05, 3.63) is 51.9 Å². The van der Waals surface area contributed by atoms with Gasteiger partial charge in [0.15, 0.2) is 0 Å². The molecule has 3 nitrogen and oxygen atoms in total. The lowest BCUT2D eigenvalue weighted by atomic mass is 10.1. The maximum absolute atomic E-state index is 5.27. The van der Waals surface area contributed by atoms with Gasteiger partial charge in [0, 0.05) is 16.7 Å². The molecule has 21 heavy (non-hydrogen) atoms. The van der Waals surface area contributed by atoms with Gasteiger partial charge in [-0.1, -0.05) is 0 Å². The molecule has 0 fully saturated rings. The summed E-state index contributed by atoms with van der Waals surface area (Å²) < 4.78 is 7.50. The molecule has 5 heteroatoms. The molecule has 3 rings (SSSR count). The molecule has 0 spiro atoms. The van der Waals surface area contributed by atoms with Crippen LogP contribution in [0.4, 0.5) is 5.69 Å². The van der Waals surface area contributed by atoms with E-state index >= 15 is 0 Å². The van der Waals surface area contributed by atoms with E-state index in [0.29, 0.717) is 0 Å². The van der Waals surface area contributed by atoms with Crippen molar-refractivity contribution in [1.82, 2.24) is 4.98 Å². The first-order valence-electron chi connectivity index (χ1n) is 6.60. The Bertz CT molecular complexity index is 772. The van der Waals surface area contributed by atoms with Gasteiger partial charge in [0.2, 0.25) is 0 Å². The number of aromatic nitrogens is 1. The third-order valence-corrected chi connectivity index (χ3v) is 4.91. The minimum atomic E-state index is 0.160. The van der Waals surface area contributed by atoms with E-state index in [2.05, 4.69) is 44.6 Å². The maximum atomic E-state index is 5.27. The Morgan fingerprint density at radius 3 is 2.95 bits per heavy atom. The molecule has 0 saturated carbocycles. The van der Waals surface area contributed by atoms with E-state index in [1.807, 2.05) is 30.5 Å². The molecule has 1 atom stereocenters. The van der Waals surface area contributed by atoms with Crippen LogP contribution in [0.15, 0.2) is 46.4 Å². The minimum Gasteiger partial charge on any atom is -0.497 e. The number of pyridine rings is 1. The van der Waals surface area contributed by atoms with Crippen LogP contribution in [0, 0.1) is 0 Å². The Kier molecular flexibility index (Phi) is 4.12. The van der Waals surface area contributed by atoms with Crippen LogP contribution in [0.3, 0.4) is 0 Å². The average Bonchev–Trinajstić information content (AvgIpc) is 2.96. The first-order valence-corrected chi connectivity index (χ1v) is 8.28. The third-order valence-electron chi connectivity index (χ3n) is 3.37. The fraction of sp³-hybridized carbons (Fsp3) is 0.188. The predicted molar refractivity (Wildman–Crippen MR) is 92.4 cm³/mol. The van der Waals surface area contributed by atoms with Gasteiger partial charge in [-0.05, 0) is 58.1 Å². The van der Waals surface area contributed by atoms with Crippen LogP contribution >= 0.6 is 27.3 Å². The first-order chi connectivity index (χ1) is 10.2. The molecule has 1 unspecified atom stereocenters. The van der Waals surface area contributed by atoms with Gasteiger partial charge < -0.3 is 10.1 Å². The summed E-state index contributed by atoms with van der Waals surface area (Å²) in [6, 6.07) is 10.3. The topological polar surface area (TPSA) is 34.1 Å². The van der Waals surface area contributed by atoms with Crippen molar-refractivity contribution < 1.29 is 4.74 Å². The molecule has 108 valence electrons. The lowest BCUT2D eigenvalue weighted by molar-refractivity contribution is 0.415. The molecule has 0 aliphatic heterocycles. The predicted octanol–water partition coefficient (Wildman–Crippen LogP) is 5.24. The normalized spacial score (nSPS) is 12.3. The molecule has 1 N–H and O–H groups in total. The molecule has 0 bridgehead atoms. The van der Waals surface area contributed by atoms with E-state index in [-0.39, 0.29) is 6.04 Å². The minimum absolute atomic E-state index is 0.160. The van der Waals surface area contributed by atoms with Crippen molar-refractivity contribution in [3.8, 4) is 5.75 Å². The van der Waals surface area contributed by atoms with Crippen LogP contribution in [0.25, 0.3) is 10.2 Å². The molecule has 1 aromatic carbocycles. The van der Waals surface area contributed by atoms with Crippen LogP contribution in [-0.2, 0) is 0 Å². The maximum Gasteiger partial charge on any atom is 0.121 e. The monoisotopic (exact) mass is 362 g/mol. The number of methoxy groups -OCH3 is 1. The van der Waals surface area contributed by atoms with Gasteiger partial charge >= 0.3 is 0 Å². The van der Waals surface area contributed by atoms with Crippen LogP contribution in [0.2, 0.25) is 0 Å². The first kappa shape index (κ1) is 14.4. The van der Waals surface area contributed by atoms with Crippen molar-refractivity contribution >= 4 is 43.2 Å². The second-order valence-corrected chi connectivity index (χ2v) is 6.59. The molecular formula is C16H15BrN2OS. The number of hydrogen-bond donors (Lipinski definition) is 1. The molecule has 3 aromatic rings. The fourth-order valence-electron chi connectivity index (χ4n) is 2.16. The third kappa shape index (κ3) is 3.04. The summed E-state index contributed by atoms with van der Waals surface area (Å²) in [5.41, 5.74) is 3.23. The van der Waals surface area contributed by atoms with Crippen molar-refractivity contribution in [2.75, 3.05) is 12.4 Å². The summed E-state index contributed by atoms with van der Waals surface area (Å²) >= 11 is 5.28. The number of ether oxygens (including phenoxy) is 1. The van der Waals surface area contributed by atoms with Crippen LogP contribution in [-0.4, -0.2) is 12.1 Å². The largest absolute Gasteiger partial charge is 0.497 e. The SMILES string of the molecule is COc1ccc(Br)c(NC(C)c2cnc3ccsc3c2)c1. The Balaban J connectivity index is 1.86. The molecule has 0 radical (unpaired) electrons. The Labute approximate surface area is 136 Å². The number of thiophene rings is 1. The highest BCUT2D eigenvalue weighted by Gasteiger charge is 2.10. The van der Waals surface area contributed by atoms with Gasteiger partial charge in [0.05, 0.1) is 29.1 Å². The number of nitrogens with zero attached hydrogens (tertiary/aromatic N) is 1. The molecule has 0 amide bonds. The number of fused-ring (bicyclic) bond motifs is 1. The highest BCUT2D eigenvalue weighted by Crippen LogP contribution is 2.31. The van der Waals surface area contributed by atoms with Crippen molar-refractivity contribution in [2.24, 2.45) is 0 Å². The summed E-state index contributed by atoms with van der Waals surface area (Å²) in [5, 5.41) is 5.56. The van der Waals surface area contributed by atoms with Crippen LogP contribution < -0.4 is 10.1 Å². The van der Waals surface area contributed by atoms with E-state index in [1.165, 1.54) is 10.3 Å². The lowest BCUT2D eigenvalue weighted by Gasteiger charge is -2.17. The molecule has 0 aliphatic rings. The summed E-state index contributed by atoms with van der Waals surface area (Å²) in [4.78, 5) is 4.49. The standard InChI is InChI=1S/C16H15BrN2OS/c1-10(11-7-16-14(18-9-11)5-6-21-16)19-15-8-12(20-2)3-4-13(15)17/h3-10,19H,1-2H3. The van der Waals surface area contributed by atoms with Crippen molar-refractivity contribution in [1.29, 1.82) is 0 Å². The Hall–Kier alpha value is -1.59. The summed E-state index contributed by atoms with van der Waals surface area (Å²) in [6.07, 6.45) is 1.93. The van der Waals surface area contributed by atoms with Crippen LogP contribution in [0.1, 0.15) is 18.5 Å². The number of halogens is 1. The second-order valence-electron chi connectivity index (χ2n) is 4.78. The van der Waals surface area contributed by atoms with Gasteiger partial charge in [-0.25, -0.2) is 0 Å². The fourth-order valence-corrected chi connectivity index (χ4v) is 3.31. The van der Waals surface area contributed by atoms with Gasteiger partial charge in [-0.2, -0.15) is 0 Å². The quantitative estimate of drug-likeness (QED) is 0.688. The number of nitrogens with one attached hydrogen (secondary N) is 1. The zero-order valence-corrected chi connectivity index (χ0v) is 14.2. The van der Waals surface area contributed by atoms with Crippen molar-refractivity contribution in [3.63, 3.8) is 0 Å². The summed E-state index contributed by atoms with van der Waals surface area (Å²) in [6.45, 7) is 2.13. The lowest BCUT2D eigenvalue weighted by Crippen LogP contribution is -2.07. The second kappa shape index (κ2) is 6.03. The zero-order chi connectivity index (χ0) is 14.8. The highest BCUT2D eigenvalue weighted by molar-refractivity contribution is 9.10. The number of anilines is 1. The van der Waals surface area contributed by atoms with E-state index in [1.54, 1.807) is 18.4 Å². The number of rotatable bonds is 4. The summed E-state index contributed by atoms with van der Waals surface area (Å²) in [5.74, 6) is 0.833. The number of hydrogen-bond acceptors (Lipinski definition) is 4. The van der Waals surface area contributed by atoms with E-state index in [4.69, 9.17) is 4.74 Å². The van der Waals surface area contributed by atoms with E-state index in [9.17, 15) is 0 Å². The number of benzene rings is 1. The molecule has 0 saturated heterocycles. The molecule has 2 heterocycles. The zero-order valence-electron chi connectivity index (χ0n) is 11.8. The van der Waals surface area contributed by atoms with Gasteiger partial charge in [-0.3, -0.25) is 4.98 Å². The molecule has 0 aliphatic carbocycles. The Morgan fingerprint density at radius 2 is 2.14 bits per heavy atom. The average molecular weight is 363 g/mol.